The SMILES string of the molecule is Cc1ccccc1Cn1cnc2c(cnn2CCNC(=O)/C=C\c2ccc([N+](=O)[O-])cc2)c1=O. The van der Waals surface area contributed by atoms with Crippen LogP contribution in [0.5, 0.6) is 0 Å². The van der Waals surface area contributed by atoms with Crippen LogP contribution < -0.4 is 10.9 Å². The second-order valence-electron chi connectivity index (χ2n) is 7.68. The zero-order valence-electron chi connectivity index (χ0n) is 18.4. The van der Waals surface area contributed by atoms with Crippen molar-refractivity contribution in [1.82, 2.24) is 24.6 Å². The molecule has 0 aliphatic rings. The molecule has 2 heterocycles. The van der Waals surface area contributed by atoms with E-state index in [0.29, 0.717) is 29.7 Å². The molecule has 0 aliphatic carbocycles. The van der Waals surface area contributed by atoms with E-state index in [1.165, 1.54) is 30.7 Å². The van der Waals surface area contributed by atoms with Gasteiger partial charge in [-0.15, -0.1) is 0 Å². The van der Waals surface area contributed by atoms with Gasteiger partial charge in [-0.3, -0.25) is 24.3 Å². The van der Waals surface area contributed by atoms with Crippen LogP contribution in [0.25, 0.3) is 17.1 Å². The molecule has 4 rings (SSSR count). The molecule has 0 radical (unpaired) electrons. The smallest absolute Gasteiger partial charge is 0.269 e. The van der Waals surface area contributed by atoms with Crippen LogP contribution in [-0.2, 0) is 17.9 Å². The lowest BCUT2D eigenvalue weighted by atomic mass is 10.1. The predicted molar refractivity (Wildman–Crippen MR) is 127 cm³/mol. The molecule has 4 aromatic rings. The van der Waals surface area contributed by atoms with Gasteiger partial charge in [-0.25, -0.2) is 9.67 Å². The maximum absolute atomic E-state index is 12.9. The number of aryl methyl sites for hydroxylation is 1. The number of benzene rings is 2. The second kappa shape index (κ2) is 9.90. The third kappa shape index (κ3) is 5.07. The highest BCUT2D eigenvalue weighted by atomic mass is 16.6. The largest absolute Gasteiger partial charge is 0.351 e. The Balaban J connectivity index is 1.37. The number of nitro groups is 1. The lowest BCUT2D eigenvalue weighted by Gasteiger charge is -2.08. The summed E-state index contributed by atoms with van der Waals surface area (Å²) in [5.74, 6) is -0.316. The van der Waals surface area contributed by atoms with Gasteiger partial charge in [-0.1, -0.05) is 24.3 Å². The first kappa shape index (κ1) is 22.6. The fourth-order valence-electron chi connectivity index (χ4n) is 3.47. The minimum Gasteiger partial charge on any atom is -0.351 e. The first-order valence-corrected chi connectivity index (χ1v) is 10.6. The number of nitro benzene ring substituents is 1. The molecule has 0 bridgehead atoms. The summed E-state index contributed by atoms with van der Waals surface area (Å²) in [4.78, 5) is 39.6. The molecule has 10 heteroatoms. The molecule has 0 fully saturated rings. The van der Waals surface area contributed by atoms with E-state index in [1.807, 2.05) is 31.2 Å². The number of aromatic nitrogens is 4. The number of rotatable bonds is 8. The van der Waals surface area contributed by atoms with Crippen LogP contribution in [0.15, 0.2) is 71.9 Å². The van der Waals surface area contributed by atoms with Crippen LogP contribution >= 0.6 is 0 Å². The topological polar surface area (TPSA) is 125 Å². The molecule has 0 aliphatic heterocycles. The second-order valence-corrected chi connectivity index (χ2v) is 7.68. The van der Waals surface area contributed by atoms with E-state index in [9.17, 15) is 19.7 Å². The summed E-state index contributed by atoms with van der Waals surface area (Å²) in [6.07, 6.45) is 5.93. The summed E-state index contributed by atoms with van der Waals surface area (Å²) in [5, 5.41) is 18.1. The van der Waals surface area contributed by atoms with Crippen molar-refractivity contribution >= 4 is 28.7 Å². The lowest BCUT2D eigenvalue weighted by molar-refractivity contribution is -0.384. The van der Waals surface area contributed by atoms with Crippen molar-refractivity contribution in [3.8, 4) is 0 Å². The Hall–Kier alpha value is -4.60. The third-order valence-corrected chi connectivity index (χ3v) is 5.38. The summed E-state index contributed by atoms with van der Waals surface area (Å²) < 4.78 is 3.14. The van der Waals surface area contributed by atoms with Gasteiger partial charge in [-0.2, -0.15) is 5.10 Å². The monoisotopic (exact) mass is 458 g/mol. The molecular weight excluding hydrogens is 436 g/mol. The number of non-ortho nitro benzene ring substituents is 1. The van der Waals surface area contributed by atoms with Crippen LogP contribution in [0.2, 0.25) is 0 Å². The fourth-order valence-corrected chi connectivity index (χ4v) is 3.47. The maximum atomic E-state index is 12.9. The minimum absolute atomic E-state index is 0.0106. The average Bonchev–Trinajstić information content (AvgIpc) is 3.25. The number of amides is 1. The Bertz CT molecular complexity index is 1440. The molecule has 34 heavy (non-hydrogen) atoms. The molecule has 0 saturated carbocycles. The quantitative estimate of drug-likeness (QED) is 0.246. The average molecular weight is 458 g/mol. The highest BCUT2D eigenvalue weighted by Gasteiger charge is 2.11. The predicted octanol–water partition coefficient (Wildman–Crippen LogP) is 2.69. The Morgan fingerprint density at radius 2 is 1.94 bits per heavy atom. The number of hydrogen-bond acceptors (Lipinski definition) is 6. The van der Waals surface area contributed by atoms with Crippen molar-refractivity contribution in [2.75, 3.05) is 6.54 Å². The molecule has 2 aromatic carbocycles. The summed E-state index contributed by atoms with van der Waals surface area (Å²) >= 11 is 0. The van der Waals surface area contributed by atoms with Gasteiger partial charge in [0.25, 0.3) is 11.2 Å². The Morgan fingerprint density at radius 1 is 1.18 bits per heavy atom. The number of hydrogen-bond donors (Lipinski definition) is 1. The summed E-state index contributed by atoms with van der Waals surface area (Å²) in [6, 6.07) is 13.8. The van der Waals surface area contributed by atoms with E-state index in [-0.39, 0.29) is 23.7 Å². The standard InChI is InChI=1S/C24H22N6O4/c1-17-4-2-3-5-19(17)15-28-16-26-23-21(24(28)32)14-27-29(23)13-12-25-22(31)11-8-18-6-9-20(10-7-18)30(33)34/h2-11,14,16H,12-13,15H2,1H3,(H,25,31)/b11-8-. The van der Waals surface area contributed by atoms with E-state index in [1.54, 1.807) is 27.5 Å². The van der Waals surface area contributed by atoms with Gasteiger partial charge in [0, 0.05) is 24.8 Å². The van der Waals surface area contributed by atoms with E-state index < -0.39 is 4.92 Å². The van der Waals surface area contributed by atoms with Crippen molar-refractivity contribution in [3.05, 3.63) is 104 Å². The van der Waals surface area contributed by atoms with E-state index in [2.05, 4.69) is 15.4 Å². The molecule has 172 valence electrons. The fraction of sp³-hybridized carbons (Fsp3) is 0.167. The molecule has 1 N–H and O–H groups in total. The Kier molecular flexibility index (Phi) is 6.58. The lowest BCUT2D eigenvalue weighted by Crippen LogP contribution is -2.26. The van der Waals surface area contributed by atoms with Crippen molar-refractivity contribution in [1.29, 1.82) is 0 Å². The van der Waals surface area contributed by atoms with Crippen molar-refractivity contribution in [3.63, 3.8) is 0 Å². The van der Waals surface area contributed by atoms with Crippen LogP contribution in [0, 0.1) is 17.0 Å². The number of fused-ring (bicyclic) bond motifs is 1. The molecule has 1 amide bonds. The van der Waals surface area contributed by atoms with Gasteiger partial charge < -0.3 is 5.32 Å². The van der Waals surface area contributed by atoms with Gasteiger partial charge >= 0.3 is 0 Å². The minimum atomic E-state index is -0.479. The van der Waals surface area contributed by atoms with E-state index in [4.69, 9.17) is 0 Å². The number of carbonyl (C=O) groups excluding carboxylic acids is 1. The number of nitrogens with zero attached hydrogens (tertiary/aromatic N) is 5. The summed E-state index contributed by atoms with van der Waals surface area (Å²) in [6.45, 7) is 3.06. The van der Waals surface area contributed by atoms with Crippen molar-refractivity contribution in [2.45, 2.75) is 20.0 Å². The summed E-state index contributed by atoms with van der Waals surface area (Å²) in [5.41, 5.74) is 3.09. The first-order valence-electron chi connectivity index (χ1n) is 10.6. The van der Waals surface area contributed by atoms with E-state index >= 15 is 0 Å². The third-order valence-electron chi connectivity index (χ3n) is 5.38. The van der Waals surface area contributed by atoms with Gasteiger partial charge in [0.15, 0.2) is 5.65 Å². The molecule has 0 spiro atoms. The zero-order chi connectivity index (χ0) is 24.1. The van der Waals surface area contributed by atoms with E-state index in [0.717, 1.165) is 11.1 Å². The molecule has 0 atom stereocenters. The summed E-state index contributed by atoms with van der Waals surface area (Å²) in [7, 11) is 0. The highest BCUT2D eigenvalue weighted by molar-refractivity contribution is 5.91. The van der Waals surface area contributed by atoms with Crippen LogP contribution in [0.1, 0.15) is 16.7 Å². The highest BCUT2D eigenvalue weighted by Crippen LogP contribution is 2.13. The van der Waals surface area contributed by atoms with Crippen LogP contribution in [0.3, 0.4) is 0 Å². The number of carbonyl (C=O) groups is 1. The normalized spacial score (nSPS) is 11.2. The van der Waals surface area contributed by atoms with Gasteiger partial charge in [0.05, 0.1) is 24.2 Å². The molecule has 0 saturated heterocycles. The first-order chi connectivity index (χ1) is 16.4. The molecular formula is C24H22N6O4. The molecule has 0 unspecified atom stereocenters. The number of nitrogens with one attached hydrogen (secondary N) is 1. The molecule has 10 nitrogen and oxygen atoms in total. The van der Waals surface area contributed by atoms with Gasteiger partial charge in [-0.05, 0) is 41.8 Å². The Morgan fingerprint density at radius 3 is 2.68 bits per heavy atom. The Labute approximate surface area is 194 Å². The van der Waals surface area contributed by atoms with Gasteiger partial charge in [0.1, 0.15) is 11.7 Å². The van der Waals surface area contributed by atoms with Crippen LogP contribution in [0.4, 0.5) is 5.69 Å². The van der Waals surface area contributed by atoms with Crippen molar-refractivity contribution in [2.24, 2.45) is 0 Å². The molecule has 2 aromatic heterocycles. The van der Waals surface area contributed by atoms with Crippen LogP contribution in [-0.4, -0.2) is 36.7 Å². The zero-order valence-corrected chi connectivity index (χ0v) is 18.4. The maximum Gasteiger partial charge on any atom is 0.269 e. The van der Waals surface area contributed by atoms with Crippen molar-refractivity contribution < 1.29 is 9.72 Å². The van der Waals surface area contributed by atoms with Gasteiger partial charge in [0.2, 0.25) is 5.91 Å².